The van der Waals surface area contributed by atoms with Gasteiger partial charge in [0, 0.05) is 0 Å². The molecule has 184 valence electrons. The van der Waals surface area contributed by atoms with Gasteiger partial charge in [0.15, 0.2) is 17.4 Å². The molecular weight excluding hydrogens is 517 g/mol. The molecule has 2 fully saturated rings. The molecule has 9 N–H and O–H groups in total. The summed E-state index contributed by atoms with van der Waals surface area (Å²) in [5, 5.41) is 0. The molecule has 0 aromatic carbocycles. The van der Waals surface area contributed by atoms with Crippen LogP contribution in [0.3, 0.4) is 0 Å². The third kappa shape index (κ3) is 4.82. The van der Waals surface area contributed by atoms with Crippen molar-refractivity contribution in [3.05, 3.63) is 16.7 Å². The van der Waals surface area contributed by atoms with Crippen LogP contribution in [0.5, 0.6) is 0 Å². The van der Waals surface area contributed by atoms with E-state index < -0.39 is 59.6 Å². The zero-order valence-corrected chi connectivity index (χ0v) is 18.7. The number of hydrogen-bond acceptors (Lipinski definition) is 13. The fourth-order valence-corrected chi connectivity index (χ4v) is 6.50. The van der Waals surface area contributed by atoms with Gasteiger partial charge < -0.3 is 40.5 Å². The normalized spacial score (nSPS) is 31.0. The van der Waals surface area contributed by atoms with Gasteiger partial charge in [-0.25, -0.2) is 18.7 Å². The summed E-state index contributed by atoms with van der Waals surface area (Å²) in [6, 6.07) is -0.966. The minimum absolute atomic E-state index is 0.0487. The Bertz CT molecular complexity index is 1290. The van der Waals surface area contributed by atoms with Crippen molar-refractivity contribution >= 4 is 40.6 Å². The molecule has 0 aliphatic carbocycles. The highest BCUT2D eigenvalue weighted by Gasteiger charge is 2.62. The maximum absolute atomic E-state index is 12.0. The summed E-state index contributed by atoms with van der Waals surface area (Å²) in [6.07, 6.45) is -0.643. The minimum atomic E-state index is -5.69. The maximum Gasteiger partial charge on any atom is 0.490 e. The quantitative estimate of drug-likeness (QED) is 0.181. The van der Waals surface area contributed by atoms with E-state index in [0.29, 0.717) is 0 Å². The lowest BCUT2D eigenvalue weighted by molar-refractivity contribution is -0.181. The van der Waals surface area contributed by atoms with E-state index in [2.05, 4.69) is 28.1 Å². The highest BCUT2D eigenvalue weighted by atomic mass is 31.3. The first-order chi connectivity index (χ1) is 15.1. The molecular formula is C11H17N6O13P3. The molecule has 4 heterocycles. The minimum Gasteiger partial charge on any atom is -0.369 e. The van der Waals surface area contributed by atoms with Crippen LogP contribution in [0.15, 0.2) is 11.1 Å². The molecule has 2 bridgehead atoms. The summed E-state index contributed by atoms with van der Waals surface area (Å²) in [5.74, 6) is -0.190. The molecule has 6 atom stereocenters. The standard InChI is InChI=1S/C11H17N6O13P3/c12-6-5-9(17-3-14-4-7(17)15-10(13)16-8(4)18)28-11(6,1-26-5)2-27-32(22,23)30-33(24,25)29-31(19,20)21/h3,5-6,9H,1-2,12H2,(H,22,23)(H,24,25)(H2,19,20,21)(H3,13,15,16,18)/t5-,6+,9-,11-/m1/s1. The van der Waals surface area contributed by atoms with Gasteiger partial charge in [0.1, 0.15) is 11.7 Å². The van der Waals surface area contributed by atoms with Crippen molar-refractivity contribution in [2.75, 3.05) is 18.9 Å². The smallest absolute Gasteiger partial charge is 0.369 e. The molecule has 0 radical (unpaired) electrons. The number of H-pyrrole nitrogens is 1. The van der Waals surface area contributed by atoms with Crippen LogP contribution in [0.4, 0.5) is 5.95 Å². The van der Waals surface area contributed by atoms with Crippen molar-refractivity contribution in [2.24, 2.45) is 5.73 Å². The average Bonchev–Trinajstić information content (AvgIpc) is 3.27. The molecule has 0 spiro atoms. The highest BCUT2D eigenvalue weighted by Crippen LogP contribution is 2.66. The predicted molar refractivity (Wildman–Crippen MR) is 103 cm³/mol. The molecule has 2 unspecified atom stereocenters. The molecule has 2 aromatic rings. The van der Waals surface area contributed by atoms with E-state index in [9.17, 15) is 28.3 Å². The second-order valence-electron chi connectivity index (χ2n) is 7.01. The Labute approximate surface area is 182 Å². The predicted octanol–water partition coefficient (Wildman–Crippen LogP) is -1.96. The fraction of sp³-hybridized carbons (Fsp3) is 0.545. The van der Waals surface area contributed by atoms with Gasteiger partial charge in [-0.05, 0) is 0 Å². The highest BCUT2D eigenvalue weighted by molar-refractivity contribution is 7.66. The number of imidazole rings is 1. The second-order valence-corrected chi connectivity index (χ2v) is 11.4. The lowest BCUT2D eigenvalue weighted by Crippen LogP contribution is -2.49. The van der Waals surface area contributed by atoms with Crippen LogP contribution in [0, 0.1) is 0 Å². The Hall–Kier alpha value is -1.56. The summed E-state index contributed by atoms with van der Waals surface area (Å²) in [4.78, 5) is 58.3. The molecule has 33 heavy (non-hydrogen) atoms. The van der Waals surface area contributed by atoms with Crippen molar-refractivity contribution in [1.82, 2.24) is 19.5 Å². The molecule has 2 aliphatic rings. The van der Waals surface area contributed by atoms with Crippen LogP contribution in [0.2, 0.25) is 0 Å². The second kappa shape index (κ2) is 8.00. The SMILES string of the molecule is Nc1nc2c(ncn2[C@@H]2O[C@@]3(COP(=O)(O)OP(=O)(O)OP(=O)(O)O)CO[C@@H]2[C@@H]3N)c(=O)[nH]1. The Morgan fingerprint density at radius 1 is 1.24 bits per heavy atom. The largest absolute Gasteiger partial charge is 0.490 e. The zero-order chi connectivity index (χ0) is 24.4. The van der Waals surface area contributed by atoms with Crippen molar-refractivity contribution in [2.45, 2.75) is 24.0 Å². The van der Waals surface area contributed by atoms with Crippen LogP contribution in [-0.2, 0) is 36.3 Å². The van der Waals surface area contributed by atoms with Crippen LogP contribution < -0.4 is 17.0 Å². The van der Waals surface area contributed by atoms with Gasteiger partial charge in [-0.15, -0.1) is 0 Å². The number of nitrogen functional groups attached to an aromatic ring is 1. The summed E-state index contributed by atoms with van der Waals surface area (Å²) in [6.45, 7) is -1.04. The van der Waals surface area contributed by atoms with Gasteiger partial charge in [0.25, 0.3) is 5.56 Å². The Morgan fingerprint density at radius 3 is 2.61 bits per heavy atom. The molecule has 2 saturated heterocycles. The van der Waals surface area contributed by atoms with Gasteiger partial charge in [-0.3, -0.25) is 18.9 Å². The molecule has 2 aromatic heterocycles. The molecule has 22 heteroatoms. The number of nitrogens with zero attached hydrogens (tertiary/aromatic N) is 3. The fourth-order valence-electron chi connectivity index (χ4n) is 3.43. The Kier molecular flexibility index (Phi) is 5.95. The van der Waals surface area contributed by atoms with Crippen molar-refractivity contribution < 1.29 is 55.9 Å². The molecule has 19 nitrogen and oxygen atoms in total. The monoisotopic (exact) mass is 534 g/mol. The number of phosphoric acid groups is 3. The summed E-state index contributed by atoms with van der Waals surface area (Å²) in [7, 11) is -16.6. The Morgan fingerprint density at radius 2 is 1.94 bits per heavy atom. The van der Waals surface area contributed by atoms with Crippen LogP contribution in [-0.4, -0.2) is 70.1 Å². The number of aromatic nitrogens is 4. The maximum atomic E-state index is 12.0. The van der Waals surface area contributed by atoms with Gasteiger partial charge in [-0.2, -0.15) is 13.6 Å². The molecule has 0 saturated carbocycles. The van der Waals surface area contributed by atoms with Crippen molar-refractivity contribution in [1.29, 1.82) is 0 Å². The lowest BCUT2D eigenvalue weighted by Gasteiger charge is -2.31. The third-order valence-electron chi connectivity index (χ3n) is 4.73. The van der Waals surface area contributed by atoms with E-state index in [1.54, 1.807) is 0 Å². The van der Waals surface area contributed by atoms with Gasteiger partial charge in [-0.1, -0.05) is 0 Å². The topological polar surface area (TPSA) is 294 Å². The van der Waals surface area contributed by atoms with E-state index in [0.717, 1.165) is 0 Å². The van der Waals surface area contributed by atoms with Crippen molar-refractivity contribution in [3.63, 3.8) is 0 Å². The number of aromatic amines is 1. The van der Waals surface area contributed by atoms with Crippen molar-refractivity contribution in [3.8, 4) is 0 Å². The number of ether oxygens (including phenoxy) is 2. The van der Waals surface area contributed by atoms with E-state index in [1.165, 1.54) is 10.9 Å². The molecule has 2 aliphatic heterocycles. The van der Waals surface area contributed by atoms with E-state index in [-0.39, 0.29) is 23.7 Å². The number of nitrogens with two attached hydrogens (primary N) is 2. The van der Waals surface area contributed by atoms with Crippen LogP contribution >= 0.6 is 23.5 Å². The van der Waals surface area contributed by atoms with Gasteiger partial charge in [0.2, 0.25) is 5.95 Å². The number of rotatable bonds is 8. The Balaban J connectivity index is 1.52. The van der Waals surface area contributed by atoms with Crippen LogP contribution in [0.1, 0.15) is 6.23 Å². The summed E-state index contributed by atoms with van der Waals surface area (Å²) < 4.78 is 59.0. The number of anilines is 1. The number of phosphoric ester groups is 1. The van der Waals surface area contributed by atoms with E-state index in [1.807, 2.05) is 0 Å². The van der Waals surface area contributed by atoms with Crippen LogP contribution in [0.25, 0.3) is 11.2 Å². The molecule has 0 amide bonds. The first-order valence-electron chi connectivity index (χ1n) is 8.67. The lowest BCUT2D eigenvalue weighted by atomic mass is 9.98. The van der Waals surface area contributed by atoms with Gasteiger partial charge >= 0.3 is 23.5 Å². The summed E-state index contributed by atoms with van der Waals surface area (Å²) in [5.41, 5.74) is 9.53. The van der Waals surface area contributed by atoms with Gasteiger partial charge in [0.05, 0.1) is 25.6 Å². The number of fused-ring (bicyclic) bond motifs is 3. The first kappa shape index (κ1) is 24.6. The zero-order valence-electron chi connectivity index (χ0n) is 16.0. The number of nitrogens with one attached hydrogen (secondary N) is 1. The van der Waals surface area contributed by atoms with E-state index >= 15 is 0 Å². The third-order valence-corrected chi connectivity index (χ3v) is 8.51. The number of hydrogen-bond donors (Lipinski definition) is 7. The van der Waals surface area contributed by atoms with E-state index in [4.69, 9.17) is 30.7 Å². The first-order valence-corrected chi connectivity index (χ1v) is 13.2. The summed E-state index contributed by atoms with van der Waals surface area (Å²) >= 11 is 0. The molecule has 4 rings (SSSR count). The average molecular weight is 534 g/mol.